The zero-order valence-corrected chi connectivity index (χ0v) is 92.2. The number of para-hydroxylation sites is 6. The van der Waals surface area contributed by atoms with Gasteiger partial charge in [-0.15, -0.1) is 0 Å². The second kappa shape index (κ2) is 56.5. The molecule has 7 fully saturated rings. The first-order valence-electron chi connectivity index (χ1n) is 53.1. The van der Waals surface area contributed by atoms with Crippen LogP contribution in [-0.2, 0) is 10.0 Å². The summed E-state index contributed by atoms with van der Waals surface area (Å²) >= 11 is 33.6. The Balaban J connectivity index is 0.000000128. The molecule has 0 amide bonds. The van der Waals surface area contributed by atoms with Gasteiger partial charge in [-0.3, -0.25) is 9.88 Å². The Labute approximate surface area is 913 Å². The van der Waals surface area contributed by atoms with Gasteiger partial charge in [0.15, 0.2) is 30.7 Å². The molecule has 0 aliphatic carbocycles. The molecular weight excluding hydrogens is 2000 g/mol. The van der Waals surface area contributed by atoms with Crippen molar-refractivity contribution in [3.63, 3.8) is 0 Å². The van der Waals surface area contributed by atoms with E-state index in [1.54, 1.807) is 0 Å². The van der Waals surface area contributed by atoms with E-state index in [1.165, 1.54) is 92.2 Å². The van der Waals surface area contributed by atoms with Gasteiger partial charge in [0.1, 0.15) is 40.3 Å². The highest BCUT2D eigenvalue weighted by Gasteiger charge is 2.33. The highest BCUT2D eigenvalue weighted by atomic mass is 32.2. The van der Waals surface area contributed by atoms with Crippen LogP contribution in [0.3, 0.4) is 0 Å². The zero-order valence-electron chi connectivity index (χ0n) is 86.4. The van der Waals surface area contributed by atoms with E-state index in [1.807, 2.05) is 115 Å². The number of pyridine rings is 2. The van der Waals surface area contributed by atoms with Crippen LogP contribution in [0.2, 0.25) is 0 Å². The summed E-state index contributed by atoms with van der Waals surface area (Å²) in [5.41, 5.74) is 15.6. The molecule has 7 saturated heterocycles. The molecule has 4 atom stereocenters. The second-order valence-corrected chi connectivity index (χ2v) is 43.5. The summed E-state index contributed by atoms with van der Waals surface area (Å²) in [5, 5.41) is 31.6. The van der Waals surface area contributed by atoms with Crippen molar-refractivity contribution in [1.82, 2.24) is 91.1 Å². The number of benzene rings is 6. The van der Waals surface area contributed by atoms with Gasteiger partial charge >= 0.3 is 0 Å². The molecule has 792 valence electrons. The smallest absolute Gasteiger partial charge is 0.211 e. The number of sulfonamides is 1. The summed E-state index contributed by atoms with van der Waals surface area (Å²) in [5.74, 6) is 6.77. The Morgan fingerprint density at radius 1 is 0.329 bits per heavy atom. The molecule has 0 saturated carbocycles. The number of fused-ring (bicyclic) bond motifs is 7. The monoisotopic (exact) mass is 2150 g/mol. The maximum Gasteiger partial charge on any atom is 0.211 e. The molecule has 2 aromatic heterocycles. The van der Waals surface area contributed by atoms with Crippen molar-refractivity contribution in [3.05, 3.63) is 265 Å². The molecule has 15 heterocycles. The fourth-order valence-corrected chi connectivity index (χ4v) is 22.7. The lowest BCUT2D eigenvalue weighted by Gasteiger charge is -2.44. The molecule has 35 heteroatoms. The molecule has 28 nitrogen and oxygen atoms in total. The van der Waals surface area contributed by atoms with Crippen LogP contribution < -0.4 is 80.8 Å². The quantitative estimate of drug-likeness (QED) is 0.0626. The number of anilines is 2. The lowest BCUT2D eigenvalue weighted by atomic mass is 10.00. The number of nitrogens with one attached hydrogen (secondary N) is 8. The van der Waals surface area contributed by atoms with Gasteiger partial charge in [0, 0.05) is 250 Å². The lowest BCUT2D eigenvalue weighted by Crippen LogP contribution is -2.57. The number of nitrogens with zero attached hydrogens (tertiary/aromatic N) is 12. The molecule has 0 radical (unpaired) electrons. The van der Waals surface area contributed by atoms with Crippen LogP contribution in [0.1, 0.15) is 150 Å². The first-order valence-corrected chi connectivity index (χ1v) is 57.3. The Morgan fingerprint density at radius 2 is 0.644 bits per heavy atom. The predicted octanol–water partition coefficient (Wildman–Crippen LogP) is 16.6. The van der Waals surface area contributed by atoms with Gasteiger partial charge in [0.05, 0.1) is 45.9 Å². The van der Waals surface area contributed by atoms with Crippen LogP contribution in [0, 0.1) is 0 Å². The number of ether oxygens (including phenoxy) is 6. The summed E-state index contributed by atoms with van der Waals surface area (Å²) < 4.78 is 59.5. The van der Waals surface area contributed by atoms with Crippen molar-refractivity contribution in [3.8, 4) is 34.5 Å². The van der Waals surface area contributed by atoms with E-state index in [0.717, 1.165) is 297 Å². The highest BCUT2D eigenvalue weighted by Crippen LogP contribution is 2.39. The summed E-state index contributed by atoms with van der Waals surface area (Å²) in [6.45, 7) is 29.9. The number of hydrogen-bond acceptors (Lipinski definition) is 21. The third-order valence-electron chi connectivity index (χ3n) is 28.5. The van der Waals surface area contributed by atoms with E-state index in [-0.39, 0.29) is 0 Å². The number of allylic oxidation sites excluding steroid dienone is 6. The number of piperazine rings is 6. The lowest BCUT2D eigenvalue weighted by molar-refractivity contribution is 0.0802. The summed E-state index contributed by atoms with van der Waals surface area (Å²) in [7, 11) is -3.12. The van der Waals surface area contributed by atoms with Gasteiger partial charge in [0.25, 0.3) is 0 Å². The molecular formula is C114H146N20O8S7. The average Bonchev–Trinajstić information content (AvgIpc) is 1.82. The summed E-state index contributed by atoms with van der Waals surface area (Å²) in [6.07, 6.45) is 35.1. The largest absolute Gasteiger partial charge is 0.493 e. The van der Waals surface area contributed by atoms with Crippen LogP contribution in [0.5, 0.6) is 34.5 Å². The van der Waals surface area contributed by atoms with Crippen LogP contribution in [0.15, 0.2) is 232 Å². The fourth-order valence-electron chi connectivity index (χ4n) is 20.5. The van der Waals surface area contributed by atoms with Gasteiger partial charge in [0.2, 0.25) is 10.0 Å². The fraction of sp³-hybridized carbons (Fsp3) is 0.439. The van der Waals surface area contributed by atoms with Gasteiger partial charge in [-0.2, -0.15) is 4.31 Å². The number of rotatable bonds is 9. The molecule has 2 unspecified atom stereocenters. The second-order valence-electron chi connectivity index (χ2n) is 39.2. The molecule has 0 spiro atoms. The van der Waals surface area contributed by atoms with Crippen LogP contribution in [0.4, 0.5) is 11.5 Å². The van der Waals surface area contributed by atoms with Crippen LogP contribution in [0.25, 0.3) is 33.4 Å². The van der Waals surface area contributed by atoms with Crippen molar-refractivity contribution in [1.29, 1.82) is 0 Å². The van der Waals surface area contributed by atoms with E-state index in [4.69, 9.17) is 102 Å². The minimum absolute atomic E-state index is 0.457. The minimum Gasteiger partial charge on any atom is -0.493 e. The average molecular weight is 2150 g/mol. The topological polar surface area (TPSA) is 244 Å². The highest BCUT2D eigenvalue weighted by molar-refractivity contribution is 7.88. The van der Waals surface area contributed by atoms with Gasteiger partial charge < -0.3 is 110 Å². The van der Waals surface area contributed by atoms with E-state index in [2.05, 4.69) is 234 Å². The Morgan fingerprint density at radius 3 is 0.993 bits per heavy atom. The van der Waals surface area contributed by atoms with Gasteiger partial charge in [-0.25, -0.2) is 13.4 Å². The molecule has 13 aliphatic heterocycles. The molecule has 149 heavy (non-hydrogen) atoms. The molecule has 13 aliphatic rings. The predicted molar refractivity (Wildman–Crippen MR) is 627 cm³/mol. The van der Waals surface area contributed by atoms with Gasteiger partial charge in [-0.05, 0) is 285 Å². The number of piperidine rings is 1. The molecule has 8 aromatic rings. The van der Waals surface area contributed by atoms with Crippen molar-refractivity contribution in [2.24, 2.45) is 0 Å². The van der Waals surface area contributed by atoms with E-state index in [9.17, 15) is 8.42 Å². The van der Waals surface area contributed by atoms with E-state index < -0.39 is 10.0 Å². The van der Waals surface area contributed by atoms with Crippen molar-refractivity contribution in [2.75, 3.05) is 193 Å². The van der Waals surface area contributed by atoms with Crippen LogP contribution in [-0.4, -0.2) is 295 Å². The Hall–Kier alpha value is -11.6. The van der Waals surface area contributed by atoms with Crippen molar-refractivity contribution >= 4 is 159 Å². The molecule has 6 aromatic carbocycles. The molecule has 8 N–H and O–H groups in total. The first-order chi connectivity index (χ1) is 72.7. The van der Waals surface area contributed by atoms with E-state index in [0.29, 0.717) is 62.1 Å². The SMILES string of the molecule is CC1CN(C(=S)N/C=C2/CCCOc3ccccc32)CCN1.CS(=O)(=O)N1CCN(C(=S)N/C=C2/CCCOc3ccccc32)CC1.C[C@@H]1CN(C(=S)N/C=C2/CCCOc3ccccc32)C[C@H](C)N1.S=C(N/C=C1/CCCOc2ccccc21)N1CCN(c2ccccn2)CC1.S=C(N/C=C1/CCCOc2ccccc21)N1CCN(c2ccncc2)CC1.S=C(N/C=C1/CCCOc2ccccc21)N1CCN2CCCCC2C1. The Bertz CT molecular complexity index is 5970. The Kier molecular flexibility index (Phi) is 41.7. The normalized spacial score (nSPS) is 21.9. The number of thiocarbonyl (C=S) groups is 6. The van der Waals surface area contributed by atoms with Gasteiger partial charge in [-0.1, -0.05) is 122 Å². The number of hydrogen-bond donors (Lipinski definition) is 8. The molecule has 21 rings (SSSR count). The first kappa shape index (κ1) is 110. The molecule has 0 bridgehead atoms. The standard InChI is InChI=1S/2C21H24N4OS.C20H27N3OS.C18H25N3OS.C17H23N3O3S2.C17H23N3OS/c27-21(25-13-11-24(12-14-25)20-9-3-4-10-22-20)23-16-17-6-5-15-26-19-8-2-1-7-18(17)19;27-21(25-13-11-24(12-14-25)18-7-9-22-10-8-18)23-16-17-4-3-15-26-20-6-2-1-5-19(17)20;25-20(23-12-11-22-10-4-3-7-17(22)15-23)21-14-16-6-5-13-24-19-9-2-1-8-18(16)19;1-13-11-21(12-14(2)20-13)18(23)19-10-15-6-5-9-22-17-8-4-3-7-16(15)17;1-25(21,22)20-10-8-19(9-11-20)17(24)18-13-14-5-4-12-23-16-7-3-2-6-15(14)16;1-13-12-20(9-8-18-13)17(22)19-11-14-5-4-10-21-16-7-3-2-6-15(14)16/h1-4,7-10,16H,5-6,11-15H2,(H,23,27);1-2,5-10,16H,3-4,11-15H2,(H,23,27);1-2,8-9,14,17H,3-7,10-13,15H2,(H,21,25);3-4,7-8,10,13-14,20H,5-6,9,11-12H2,1-2H3,(H,19,23);2-3,6-7,13H,4-5,8-12H2,1H3,(H,18,24);2-3,6-7,11,13,18H,4-5,8-10,12H2,1H3,(H,19,22)/b2*17-16-;16-14-;15-10-;14-13-;14-11-/t;;;13-,14+;;. The maximum absolute atomic E-state index is 11.6. The van der Waals surface area contributed by atoms with E-state index >= 15 is 0 Å². The van der Waals surface area contributed by atoms with Crippen molar-refractivity contribution < 1.29 is 36.8 Å². The maximum atomic E-state index is 11.6. The summed E-state index contributed by atoms with van der Waals surface area (Å²) in [4.78, 5) is 29.1. The third-order valence-corrected chi connectivity index (χ3v) is 32.0. The minimum atomic E-state index is -3.12. The van der Waals surface area contributed by atoms with Crippen LogP contribution >= 0.6 is 73.3 Å². The van der Waals surface area contributed by atoms with Crippen molar-refractivity contribution in [2.45, 2.75) is 141 Å². The number of aromatic nitrogens is 2. The zero-order chi connectivity index (χ0) is 103. The third kappa shape index (κ3) is 32.2. The summed E-state index contributed by atoms with van der Waals surface area (Å²) in [6, 6.07) is 61.4.